The van der Waals surface area contributed by atoms with E-state index in [1.807, 2.05) is 0 Å². The van der Waals surface area contributed by atoms with Crippen molar-refractivity contribution in [3.8, 4) is 0 Å². The maximum Gasteiger partial charge on any atom is 0.446 e. The third kappa shape index (κ3) is 4.28. The van der Waals surface area contributed by atoms with Gasteiger partial charge in [-0.15, -0.1) is 0 Å². The smallest absolute Gasteiger partial charge is 0.284 e. The highest BCUT2D eigenvalue weighted by Crippen LogP contribution is 2.18. The summed E-state index contributed by atoms with van der Waals surface area (Å²) in [7, 11) is -5.40. The van der Waals surface area contributed by atoms with Gasteiger partial charge in [0.15, 0.2) is 0 Å². The van der Waals surface area contributed by atoms with Gasteiger partial charge in [-0.3, -0.25) is 9.96 Å². The van der Waals surface area contributed by atoms with E-state index in [9.17, 15) is 21.6 Å². The van der Waals surface area contributed by atoms with E-state index in [2.05, 4.69) is 0 Å². The Morgan fingerprint density at radius 3 is 1.64 bits per heavy atom. The van der Waals surface area contributed by atoms with Crippen molar-refractivity contribution < 1.29 is 26.1 Å². The molecular weight excluding hydrogens is 206 g/mol. The molecule has 9 heteroatoms. The number of nitrogens with one attached hydrogen (secondary N) is 1. The van der Waals surface area contributed by atoms with Crippen LogP contribution in [-0.2, 0) is 10.1 Å². The molecule has 0 aliphatic rings. The number of alkyl halides is 3. The van der Waals surface area contributed by atoms with Crippen LogP contribution in [0.25, 0.3) is 0 Å². The Hall–Kier alpha value is -0.200. The first-order valence-electron chi connectivity index (χ1n) is 1.79. The van der Waals surface area contributed by atoms with E-state index in [-0.39, 0.29) is 9.90 Å². The third-order valence-corrected chi connectivity index (χ3v) is 1.26. The molecule has 0 heterocycles. The fourth-order valence-corrected chi connectivity index (χ4v) is 0.439. The van der Waals surface area contributed by atoms with E-state index < -0.39 is 21.3 Å². The third-order valence-electron chi connectivity index (χ3n) is 0.515. The average Bonchev–Trinajstić information content (AvgIpc) is 1.59. The van der Waals surface area contributed by atoms with Crippen LogP contribution in [0.2, 0.25) is 0 Å². The highest BCUT2D eigenvalue weighted by Gasteiger charge is 2.42. The quantitative estimate of drug-likeness (QED) is 0.264. The van der Waals surface area contributed by atoms with Gasteiger partial charge in [-0.2, -0.15) is 31.5 Å². The summed E-state index contributed by atoms with van der Waals surface area (Å²) in [5.74, 6) is 0. The lowest BCUT2D eigenvalue weighted by Gasteiger charge is -2.02. The molecule has 0 aliphatic carbocycles. The fraction of sp³-hybridized carbons (Fsp3) is 0.500. The molecule has 1 atom stereocenters. The van der Waals surface area contributed by atoms with Crippen LogP contribution in [-0.4, -0.2) is 24.2 Å². The second-order valence-corrected chi connectivity index (χ2v) is 2.66. The van der Waals surface area contributed by atoms with Gasteiger partial charge in [0.1, 0.15) is 0 Å². The molecule has 0 saturated heterocycles. The molecule has 0 aromatic rings. The number of rotatable bonds is 0. The van der Waals surface area contributed by atoms with Crippen LogP contribution in [0.1, 0.15) is 0 Å². The van der Waals surface area contributed by atoms with Crippen LogP contribution in [0.15, 0.2) is 0 Å². The van der Waals surface area contributed by atoms with Gasteiger partial charge in [-0.25, -0.2) is 0 Å². The zero-order valence-electron chi connectivity index (χ0n) is 5.01. The van der Waals surface area contributed by atoms with E-state index in [1.165, 1.54) is 0 Å². The molecule has 4 nitrogen and oxygen atoms in total. The minimum absolute atomic E-state index is 0. The van der Waals surface area contributed by atoms with E-state index in [4.69, 9.17) is 9.96 Å². The molecule has 11 heavy (non-hydrogen) atoms. The van der Waals surface area contributed by atoms with E-state index in [0.717, 1.165) is 0 Å². The first-order valence-corrected chi connectivity index (χ1v) is 3.23. The Morgan fingerprint density at radius 1 is 1.36 bits per heavy atom. The van der Waals surface area contributed by atoms with Crippen LogP contribution < -0.4 is 0 Å². The van der Waals surface area contributed by atoms with Crippen LogP contribution in [0.3, 0.4) is 0 Å². The van der Waals surface area contributed by atoms with Gasteiger partial charge in [-0.05, 0) is 0 Å². The van der Waals surface area contributed by atoms with Crippen molar-refractivity contribution >= 4 is 25.1 Å². The number of hydrogen-bond acceptors (Lipinski definition) is 3. The van der Waals surface area contributed by atoms with Gasteiger partial charge in [-0.1, -0.05) is 0 Å². The molecule has 0 amide bonds. The number of hydrogen-bond donors (Lipinski definition) is 2. The largest absolute Gasteiger partial charge is 0.446 e. The van der Waals surface area contributed by atoms with Crippen molar-refractivity contribution in [3.63, 3.8) is 0 Å². The summed E-state index contributed by atoms with van der Waals surface area (Å²) in [4.78, 5) is 0. The zero-order valence-corrected chi connectivity index (χ0v) is 7.24. The molecule has 0 radical (unpaired) electrons. The monoisotopic (exact) mass is 211 g/mol. The van der Waals surface area contributed by atoms with Gasteiger partial charge < -0.3 is 0 Å². The highest BCUT2D eigenvalue weighted by atomic mass is 32.2. The Labute approximate surface area is 63.7 Å². The van der Waals surface area contributed by atoms with E-state index in [1.54, 1.807) is 0 Å². The Bertz CT molecular complexity index is 244. The summed E-state index contributed by atoms with van der Waals surface area (Å²) in [5, 5.41) is 3.18. The molecule has 0 aromatic heterocycles. The summed E-state index contributed by atoms with van der Waals surface area (Å²) in [5.41, 5.74) is 0. The lowest BCUT2D eigenvalue weighted by molar-refractivity contribution is -0.0568. The Kier molecular flexibility index (Phi) is 4.22. The maximum absolute atomic E-state index is 11.2. The van der Waals surface area contributed by atoms with Gasteiger partial charge in [0.05, 0.1) is 0 Å². The standard InChI is InChI=1S/C2H2F3NO3S.H3P/c3-2(4,5)1(6)10(7,8)9;/h6H,(H,7,8,9);1H3. The minimum atomic E-state index is -5.40. The molecule has 68 valence electrons. The van der Waals surface area contributed by atoms with Crippen molar-refractivity contribution in [3.05, 3.63) is 0 Å². The van der Waals surface area contributed by atoms with Crippen LogP contribution in [0.4, 0.5) is 13.2 Å². The molecule has 0 aliphatic heterocycles. The van der Waals surface area contributed by atoms with Crippen molar-refractivity contribution in [2.75, 3.05) is 0 Å². The van der Waals surface area contributed by atoms with Gasteiger partial charge in [0, 0.05) is 0 Å². The zero-order chi connectivity index (χ0) is 8.58. The van der Waals surface area contributed by atoms with E-state index >= 15 is 0 Å². The molecule has 1 unspecified atom stereocenters. The van der Waals surface area contributed by atoms with Gasteiger partial charge in [0.25, 0.3) is 5.04 Å². The first kappa shape index (κ1) is 13.4. The van der Waals surface area contributed by atoms with Crippen LogP contribution in [0, 0.1) is 5.41 Å². The predicted octanol–water partition coefficient (Wildman–Crippen LogP) is 0.472. The highest BCUT2D eigenvalue weighted by molar-refractivity contribution is 8.01. The SMILES string of the molecule is N=C(C(F)(F)F)S(=O)(=O)O.P. The predicted molar refractivity (Wildman–Crippen MR) is 36.4 cm³/mol. The number of halogens is 3. The summed E-state index contributed by atoms with van der Waals surface area (Å²) in [6, 6.07) is 0. The minimum Gasteiger partial charge on any atom is -0.284 e. The van der Waals surface area contributed by atoms with E-state index in [0.29, 0.717) is 0 Å². The van der Waals surface area contributed by atoms with Crippen molar-refractivity contribution in [2.45, 2.75) is 6.18 Å². The molecule has 0 fully saturated rings. The molecule has 0 saturated carbocycles. The lowest BCUT2D eigenvalue weighted by Crippen LogP contribution is -2.29. The van der Waals surface area contributed by atoms with Crippen molar-refractivity contribution in [1.29, 1.82) is 5.41 Å². The first-order chi connectivity index (χ1) is 4.15. The van der Waals surface area contributed by atoms with Crippen LogP contribution >= 0.6 is 9.90 Å². The second-order valence-electron chi connectivity index (χ2n) is 1.30. The maximum atomic E-state index is 11.2. The fourth-order valence-electron chi connectivity index (χ4n) is 0.146. The Balaban J connectivity index is 0. The molecular formula is C2H5F3NO3PS. The molecule has 0 bridgehead atoms. The summed E-state index contributed by atoms with van der Waals surface area (Å²) < 4.78 is 60.4. The van der Waals surface area contributed by atoms with Gasteiger partial charge >= 0.3 is 16.3 Å². The Morgan fingerprint density at radius 2 is 1.64 bits per heavy atom. The van der Waals surface area contributed by atoms with Crippen LogP contribution in [0.5, 0.6) is 0 Å². The topological polar surface area (TPSA) is 78.2 Å². The summed E-state index contributed by atoms with van der Waals surface area (Å²) in [6.45, 7) is 0. The molecule has 0 aromatic carbocycles. The summed E-state index contributed by atoms with van der Waals surface area (Å²) in [6.07, 6.45) is -5.31. The van der Waals surface area contributed by atoms with Gasteiger partial charge in [0.2, 0.25) is 0 Å². The van der Waals surface area contributed by atoms with Crippen molar-refractivity contribution in [1.82, 2.24) is 0 Å². The normalized spacial score (nSPS) is 12.0. The summed E-state index contributed by atoms with van der Waals surface area (Å²) >= 11 is 0. The van der Waals surface area contributed by atoms with Crippen molar-refractivity contribution in [2.24, 2.45) is 0 Å². The average molecular weight is 211 g/mol. The lowest BCUT2D eigenvalue weighted by atomic mass is 10.7. The molecule has 0 spiro atoms. The second kappa shape index (κ2) is 3.46. The molecule has 2 N–H and O–H groups in total. The molecule has 0 rings (SSSR count).